The number of ether oxygens (including phenoxy) is 3. The van der Waals surface area contributed by atoms with E-state index < -0.39 is 6.09 Å². The minimum absolute atomic E-state index is 0.0342. The topological polar surface area (TPSA) is 117 Å². The van der Waals surface area contributed by atoms with Gasteiger partial charge in [0.25, 0.3) is 0 Å². The van der Waals surface area contributed by atoms with Crippen LogP contribution >= 0.6 is 15.9 Å². The van der Waals surface area contributed by atoms with Crippen molar-refractivity contribution in [2.24, 2.45) is 0 Å². The highest BCUT2D eigenvalue weighted by Gasteiger charge is 2.30. The second-order valence-electron chi connectivity index (χ2n) is 9.53. The van der Waals surface area contributed by atoms with Gasteiger partial charge in [-0.2, -0.15) is 0 Å². The molecule has 1 amide bonds. The normalized spacial score (nSPS) is 16.8. The lowest BCUT2D eigenvalue weighted by Crippen LogP contribution is -2.47. The molecule has 202 valence electrons. The lowest BCUT2D eigenvalue weighted by atomic mass is 9.94. The molecule has 0 radical (unpaired) electrons. The molecule has 0 bridgehead atoms. The summed E-state index contributed by atoms with van der Waals surface area (Å²) in [4.78, 5) is 25.0. The van der Waals surface area contributed by atoms with Crippen molar-refractivity contribution >= 4 is 32.9 Å². The Morgan fingerprint density at radius 3 is 2.66 bits per heavy atom. The van der Waals surface area contributed by atoms with Gasteiger partial charge in [-0.3, -0.25) is 9.88 Å². The predicted octanol–water partition coefficient (Wildman–Crippen LogP) is 3.89. The first-order valence-corrected chi connectivity index (χ1v) is 13.5. The van der Waals surface area contributed by atoms with Crippen LogP contribution in [-0.4, -0.2) is 88.7 Å². The van der Waals surface area contributed by atoms with E-state index in [4.69, 9.17) is 14.2 Å². The summed E-state index contributed by atoms with van der Waals surface area (Å²) in [5.74, 6) is 1.54. The molecule has 3 aromatic rings. The van der Waals surface area contributed by atoms with Gasteiger partial charge in [-0.25, -0.2) is 9.78 Å². The third-order valence-electron chi connectivity index (χ3n) is 7.20. The number of nitrogens with zero attached hydrogens (tertiary/aromatic N) is 4. The minimum atomic E-state index is -0.965. The first kappa shape index (κ1) is 26.5. The van der Waals surface area contributed by atoms with Crippen molar-refractivity contribution in [1.29, 1.82) is 0 Å². The number of hydrogen-bond donors (Lipinski definition) is 2. The van der Waals surface area contributed by atoms with Crippen molar-refractivity contribution in [2.75, 3.05) is 46.6 Å². The largest absolute Gasteiger partial charge is 0.486 e. The number of methoxy groups -OCH3 is 1. The molecule has 0 saturated carbocycles. The summed E-state index contributed by atoms with van der Waals surface area (Å²) in [5.41, 5.74) is 2.38. The second-order valence-corrected chi connectivity index (χ2v) is 10.4. The molecule has 1 fully saturated rings. The zero-order valence-corrected chi connectivity index (χ0v) is 22.8. The van der Waals surface area contributed by atoms with Gasteiger partial charge in [-0.1, -0.05) is 22.0 Å². The molecule has 4 heterocycles. The molecule has 10 nitrogen and oxygen atoms in total. The van der Waals surface area contributed by atoms with E-state index in [-0.39, 0.29) is 25.1 Å². The number of aromatic nitrogens is 2. The number of amides is 1. The number of carbonyl (C=O) groups is 1. The van der Waals surface area contributed by atoms with Gasteiger partial charge in [0.15, 0.2) is 11.5 Å². The van der Waals surface area contributed by atoms with Crippen molar-refractivity contribution in [3.63, 3.8) is 0 Å². The first-order chi connectivity index (χ1) is 18.5. The standard InChI is InChI=1S/C27H31BrN4O6/c1-36-24-5-3-17-2-4-21(28)25(26(17)30-24)18(16-33)14-31-8-6-20(7-9-31)32(27(34)35)15-19-12-22-23(13-29-19)38-11-10-37-22/h2-5,12-13,18,20,33H,6-11,14-16H2,1H3,(H,34,35). The van der Waals surface area contributed by atoms with Crippen LogP contribution in [0.25, 0.3) is 10.9 Å². The SMILES string of the molecule is COc1ccc2ccc(Br)c(C(CO)CN3CCC(N(Cc4cc5c(cn4)OCCO5)C(=O)O)CC3)c2n1. The molecular weight excluding hydrogens is 556 g/mol. The quantitative estimate of drug-likeness (QED) is 0.405. The van der Waals surface area contributed by atoms with Gasteiger partial charge in [0.2, 0.25) is 5.88 Å². The van der Waals surface area contributed by atoms with Crippen LogP contribution in [0.3, 0.4) is 0 Å². The van der Waals surface area contributed by atoms with Crippen molar-refractivity contribution in [2.45, 2.75) is 31.3 Å². The molecule has 2 aliphatic rings. The number of halogens is 1. The number of benzene rings is 1. The molecule has 1 unspecified atom stereocenters. The van der Waals surface area contributed by atoms with Gasteiger partial charge in [-0.05, 0) is 30.5 Å². The minimum Gasteiger partial charge on any atom is -0.486 e. The van der Waals surface area contributed by atoms with Crippen LogP contribution in [0.4, 0.5) is 4.79 Å². The van der Waals surface area contributed by atoms with E-state index in [1.807, 2.05) is 24.3 Å². The number of rotatable bonds is 8. The van der Waals surface area contributed by atoms with Crippen LogP contribution in [0.2, 0.25) is 0 Å². The summed E-state index contributed by atoms with van der Waals surface area (Å²) in [5, 5.41) is 21.3. The molecular formula is C27H31BrN4O6. The fourth-order valence-corrected chi connectivity index (χ4v) is 5.88. The van der Waals surface area contributed by atoms with Crippen molar-refractivity contribution in [3.05, 3.63) is 52.3 Å². The zero-order valence-electron chi connectivity index (χ0n) is 21.2. The zero-order chi connectivity index (χ0) is 26.6. The van der Waals surface area contributed by atoms with Crippen molar-refractivity contribution in [3.8, 4) is 17.4 Å². The van der Waals surface area contributed by atoms with Gasteiger partial charge in [0.05, 0.1) is 37.7 Å². The molecule has 0 spiro atoms. The maximum Gasteiger partial charge on any atom is 0.407 e. The fourth-order valence-electron chi connectivity index (χ4n) is 5.24. The molecule has 0 aliphatic carbocycles. The van der Waals surface area contributed by atoms with E-state index in [0.717, 1.165) is 34.0 Å². The van der Waals surface area contributed by atoms with Crippen molar-refractivity contribution in [1.82, 2.24) is 19.8 Å². The number of aliphatic hydroxyl groups is 1. The highest BCUT2D eigenvalue weighted by Crippen LogP contribution is 2.34. The van der Waals surface area contributed by atoms with Crippen LogP contribution in [-0.2, 0) is 6.54 Å². The Bertz CT molecular complexity index is 1300. The van der Waals surface area contributed by atoms with Gasteiger partial charge in [-0.15, -0.1) is 0 Å². The maximum absolute atomic E-state index is 12.2. The number of aliphatic hydroxyl groups excluding tert-OH is 1. The lowest BCUT2D eigenvalue weighted by molar-refractivity contribution is 0.0814. The number of pyridine rings is 2. The number of piperidine rings is 1. The Morgan fingerprint density at radius 2 is 1.95 bits per heavy atom. The van der Waals surface area contributed by atoms with Crippen LogP contribution in [0.1, 0.15) is 30.0 Å². The number of carboxylic acid groups (broad SMARTS) is 1. The first-order valence-electron chi connectivity index (χ1n) is 12.7. The summed E-state index contributed by atoms with van der Waals surface area (Å²) in [6, 6.07) is 9.41. The average Bonchev–Trinajstić information content (AvgIpc) is 2.94. The van der Waals surface area contributed by atoms with Crippen LogP contribution in [0, 0.1) is 0 Å². The molecule has 1 saturated heterocycles. The summed E-state index contributed by atoms with van der Waals surface area (Å²) >= 11 is 3.66. The summed E-state index contributed by atoms with van der Waals surface area (Å²) in [7, 11) is 1.59. The van der Waals surface area contributed by atoms with Gasteiger partial charge in [0.1, 0.15) is 13.2 Å². The lowest BCUT2D eigenvalue weighted by Gasteiger charge is -2.38. The number of hydrogen-bond acceptors (Lipinski definition) is 8. The highest BCUT2D eigenvalue weighted by molar-refractivity contribution is 9.10. The third kappa shape index (κ3) is 5.64. The van der Waals surface area contributed by atoms with Gasteiger partial charge >= 0.3 is 6.09 Å². The molecule has 1 atom stereocenters. The molecule has 2 aliphatic heterocycles. The van der Waals surface area contributed by atoms with E-state index in [0.29, 0.717) is 55.7 Å². The predicted molar refractivity (Wildman–Crippen MR) is 144 cm³/mol. The molecule has 5 rings (SSSR count). The van der Waals surface area contributed by atoms with Gasteiger partial charge in [0, 0.05) is 53.6 Å². The summed E-state index contributed by atoms with van der Waals surface area (Å²) in [6.45, 7) is 3.17. The van der Waals surface area contributed by atoms with Crippen molar-refractivity contribution < 1.29 is 29.2 Å². The molecule has 2 N–H and O–H groups in total. The van der Waals surface area contributed by atoms with E-state index in [2.05, 4.69) is 30.8 Å². The van der Waals surface area contributed by atoms with Crippen LogP contribution in [0.15, 0.2) is 41.0 Å². The Kier molecular flexibility index (Phi) is 8.15. The Hall–Kier alpha value is -3.15. The monoisotopic (exact) mass is 586 g/mol. The Labute approximate surface area is 229 Å². The van der Waals surface area contributed by atoms with E-state index in [9.17, 15) is 15.0 Å². The van der Waals surface area contributed by atoms with Crippen LogP contribution in [0.5, 0.6) is 17.4 Å². The molecule has 38 heavy (non-hydrogen) atoms. The molecule has 11 heteroatoms. The smallest absolute Gasteiger partial charge is 0.407 e. The van der Waals surface area contributed by atoms with E-state index >= 15 is 0 Å². The summed E-state index contributed by atoms with van der Waals surface area (Å²) in [6.07, 6.45) is 2.01. The van der Waals surface area contributed by atoms with E-state index in [1.165, 1.54) is 4.90 Å². The Morgan fingerprint density at radius 1 is 1.21 bits per heavy atom. The maximum atomic E-state index is 12.2. The third-order valence-corrected chi connectivity index (χ3v) is 7.89. The number of fused-ring (bicyclic) bond motifs is 2. The summed E-state index contributed by atoms with van der Waals surface area (Å²) < 4.78 is 17.4. The average molecular weight is 587 g/mol. The molecule has 1 aromatic carbocycles. The molecule has 2 aromatic heterocycles. The number of likely N-dealkylation sites (tertiary alicyclic amines) is 1. The highest BCUT2D eigenvalue weighted by atomic mass is 79.9. The van der Waals surface area contributed by atoms with Crippen LogP contribution < -0.4 is 14.2 Å². The van der Waals surface area contributed by atoms with E-state index in [1.54, 1.807) is 19.4 Å². The Balaban J connectivity index is 1.26. The fraction of sp³-hybridized carbons (Fsp3) is 0.444. The second kappa shape index (κ2) is 11.7. The van der Waals surface area contributed by atoms with Gasteiger partial charge < -0.3 is 29.3 Å².